The maximum absolute atomic E-state index is 12.4. The summed E-state index contributed by atoms with van der Waals surface area (Å²) in [5.74, 6) is 3.97. The number of carbonyl (C=O) groups is 1. The normalized spacial score (nSPS) is 13.2. The molecule has 162 valence electrons. The number of aromatic amines is 1. The first-order valence-corrected chi connectivity index (χ1v) is 13.8. The van der Waals surface area contributed by atoms with Crippen LogP contribution in [0, 0.1) is 16.9 Å². The van der Waals surface area contributed by atoms with E-state index in [1.54, 1.807) is 6.20 Å². The summed E-state index contributed by atoms with van der Waals surface area (Å²) in [5.41, 5.74) is 5.52. The fourth-order valence-electron chi connectivity index (χ4n) is 2.74. The summed E-state index contributed by atoms with van der Waals surface area (Å²) in [6, 6.07) is 7.83. The van der Waals surface area contributed by atoms with Gasteiger partial charge in [-0.1, -0.05) is 58.5 Å². The van der Waals surface area contributed by atoms with Gasteiger partial charge in [0, 0.05) is 5.56 Å². The molecule has 2 aromatic rings. The Morgan fingerprint density at radius 3 is 2.20 bits per heavy atom. The van der Waals surface area contributed by atoms with Crippen molar-refractivity contribution in [2.24, 2.45) is 5.41 Å². The maximum Gasteiger partial charge on any atom is 0.408 e. The van der Waals surface area contributed by atoms with E-state index in [2.05, 4.69) is 67.2 Å². The Hall–Kier alpha value is -2.52. The summed E-state index contributed by atoms with van der Waals surface area (Å²) in [4.78, 5) is 20.3. The Morgan fingerprint density at radius 2 is 1.70 bits per heavy atom. The molecule has 0 unspecified atom stereocenters. The van der Waals surface area contributed by atoms with Crippen LogP contribution in [-0.2, 0) is 4.74 Å². The third kappa shape index (κ3) is 7.38. The number of alkyl carbamates (subject to hydrolysis) is 1. The van der Waals surface area contributed by atoms with E-state index in [4.69, 9.17) is 4.74 Å². The summed E-state index contributed by atoms with van der Waals surface area (Å²) in [6.07, 6.45) is 1.35. The van der Waals surface area contributed by atoms with Crippen LogP contribution in [-0.4, -0.2) is 29.7 Å². The lowest BCUT2D eigenvalue weighted by molar-refractivity contribution is 0.0458. The SMILES string of the molecule is CC(C)(C)OC(=O)N[C@H](c1ncc(-c2ccc(C#C[Si](C)(C)C)cc2)[nH]1)C(C)(C)C. The van der Waals surface area contributed by atoms with Crippen molar-refractivity contribution in [3.8, 4) is 22.7 Å². The van der Waals surface area contributed by atoms with Crippen LogP contribution >= 0.6 is 0 Å². The van der Waals surface area contributed by atoms with E-state index in [1.807, 2.05) is 45.0 Å². The number of hydrogen-bond acceptors (Lipinski definition) is 3. The van der Waals surface area contributed by atoms with E-state index >= 15 is 0 Å². The largest absolute Gasteiger partial charge is 0.444 e. The lowest BCUT2D eigenvalue weighted by atomic mass is 9.86. The van der Waals surface area contributed by atoms with Crippen LogP contribution in [0.25, 0.3) is 11.3 Å². The highest BCUT2D eigenvalue weighted by Gasteiger charge is 2.32. The van der Waals surface area contributed by atoms with E-state index in [9.17, 15) is 4.79 Å². The molecular weight excluding hydrogens is 390 g/mol. The molecule has 0 aliphatic rings. The summed E-state index contributed by atoms with van der Waals surface area (Å²) >= 11 is 0. The van der Waals surface area contributed by atoms with E-state index in [-0.39, 0.29) is 11.5 Å². The van der Waals surface area contributed by atoms with Crippen LogP contribution in [0.5, 0.6) is 0 Å². The number of nitrogens with zero attached hydrogens (tertiary/aromatic N) is 1. The zero-order chi connectivity index (χ0) is 22.7. The summed E-state index contributed by atoms with van der Waals surface area (Å²) in [6.45, 7) is 18.4. The van der Waals surface area contributed by atoms with E-state index in [0.717, 1.165) is 16.8 Å². The molecule has 0 radical (unpaired) electrons. The van der Waals surface area contributed by atoms with Crippen molar-refractivity contribution in [2.45, 2.75) is 72.8 Å². The average Bonchev–Trinajstić information content (AvgIpc) is 3.04. The number of nitrogens with one attached hydrogen (secondary N) is 2. The van der Waals surface area contributed by atoms with Crippen molar-refractivity contribution >= 4 is 14.2 Å². The zero-order valence-corrected chi connectivity index (χ0v) is 20.7. The molecule has 2 rings (SSSR count). The molecule has 0 saturated heterocycles. The summed E-state index contributed by atoms with van der Waals surface area (Å²) in [7, 11) is -1.40. The van der Waals surface area contributed by atoms with E-state index in [1.165, 1.54) is 0 Å². The molecule has 2 N–H and O–H groups in total. The molecule has 1 amide bonds. The van der Waals surface area contributed by atoms with E-state index < -0.39 is 19.8 Å². The number of rotatable bonds is 3. The molecule has 0 saturated carbocycles. The predicted molar refractivity (Wildman–Crippen MR) is 126 cm³/mol. The second kappa shape index (κ2) is 8.69. The Morgan fingerprint density at radius 1 is 1.10 bits per heavy atom. The van der Waals surface area contributed by atoms with Gasteiger partial charge < -0.3 is 15.0 Å². The average molecular weight is 426 g/mol. The molecule has 1 aromatic heterocycles. The van der Waals surface area contributed by atoms with Crippen LogP contribution < -0.4 is 5.32 Å². The van der Waals surface area contributed by atoms with E-state index in [0.29, 0.717) is 5.82 Å². The van der Waals surface area contributed by atoms with Crippen LogP contribution in [0.3, 0.4) is 0 Å². The minimum atomic E-state index is -1.40. The molecular formula is C24H35N3O2Si. The minimum Gasteiger partial charge on any atom is -0.444 e. The van der Waals surface area contributed by atoms with Gasteiger partial charge in [0.25, 0.3) is 0 Å². The zero-order valence-electron chi connectivity index (χ0n) is 19.7. The quantitative estimate of drug-likeness (QED) is 0.474. The monoisotopic (exact) mass is 425 g/mol. The third-order valence-electron chi connectivity index (χ3n) is 4.17. The van der Waals surface area contributed by atoms with Gasteiger partial charge in [-0.2, -0.15) is 0 Å². The maximum atomic E-state index is 12.4. The van der Waals surface area contributed by atoms with Crippen LogP contribution in [0.1, 0.15) is 59.0 Å². The lowest BCUT2D eigenvalue weighted by Gasteiger charge is -2.31. The topological polar surface area (TPSA) is 67.0 Å². The Labute approximate surface area is 182 Å². The smallest absolute Gasteiger partial charge is 0.408 e. The number of ether oxygens (including phenoxy) is 1. The third-order valence-corrected chi connectivity index (χ3v) is 5.05. The highest BCUT2D eigenvalue weighted by molar-refractivity contribution is 6.83. The number of aromatic nitrogens is 2. The number of carbonyl (C=O) groups excluding carboxylic acids is 1. The molecule has 1 aromatic carbocycles. The number of imidazole rings is 1. The van der Waals surface area contributed by atoms with Gasteiger partial charge in [0.05, 0.1) is 17.9 Å². The minimum absolute atomic E-state index is 0.248. The van der Waals surface area contributed by atoms with Crippen molar-refractivity contribution in [3.05, 3.63) is 41.9 Å². The molecule has 0 spiro atoms. The first-order valence-electron chi connectivity index (χ1n) is 10.3. The lowest BCUT2D eigenvalue weighted by Crippen LogP contribution is -2.40. The Bertz CT molecular complexity index is 930. The van der Waals surface area contributed by atoms with Crippen molar-refractivity contribution in [1.29, 1.82) is 0 Å². The molecule has 5 nitrogen and oxygen atoms in total. The Kier molecular flexibility index (Phi) is 6.88. The standard InChI is InChI=1S/C24H35N3O2Si/c1-23(2,3)20(27-22(28)29-24(4,5)6)21-25-16-19(26-21)18-12-10-17(11-13-18)14-15-30(7,8)9/h10-13,16,20H,1-9H3,(H,25,26)(H,27,28)/t20-/m1/s1. The number of hydrogen-bond donors (Lipinski definition) is 2. The summed E-state index contributed by atoms with van der Waals surface area (Å²) < 4.78 is 5.43. The molecule has 0 fully saturated rings. The first-order chi connectivity index (χ1) is 13.6. The second-order valence-electron chi connectivity index (χ2n) is 10.7. The molecule has 30 heavy (non-hydrogen) atoms. The number of amides is 1. The van der Waals surface area contributed by atoms with Crippen LogP contribution in [0.2, 0.25) is 19.6 Å². The van der Waals surface area contributed by atoms with Gasteiger partial charge in [0.2, 0.25) is 0 Å². The number of H-pyrrole nitrogens is 1. The second-order valence-corrected chi connectivity index (χ2v) is 15.5. The Balaban J connectivity index is 2.23. The highest BCUT2D eigenvalue weighted by atomic mass is 28.3. The van der Waals surface area contributed by atoms with Gasteiger partial charge in [-0.05, 0) is 43.9 Å². The molecule has 1 heterocycles. The van der Waals surface area contributed by atoms with Gasteiger partial charge in [-0.3, -0.25) is 0 Å². The molecule has 0 aliphatic heterocycles. The fourth-order valence-corrected chi connectivity index (χ4v) is 3.26. The fraction of sp³-hybridized carbons (Fsp3) is 0.500. The molecule has 0 bridgehead atoms. The van der Waals surface area contributed by atoms with Gasteiger partial charge in [-0.15, -0.1) is 5.54 Å². The number of benzene rings is 1. The van der Waals surface area contributed by atoms with Crippen LogP contribution in [0.4, 0.5) is 4.79 Å². The van der Waals surface area contributed by atoms with Crippen molar-refractivity contribution in [2.75, 3.05) is 0 Å². The van der Waals surface area contributed by atoms with Gasteiger partial charge >= 0.3 is 6.09 Å². The first kappa shape index (κ1) is 23.8. The molecule has 1 atom stereocenters. The predicted octanol–water partition coefficient (Wildman–Crippen LogP) is 5.92. The highest BCUT2D eigenvalue weighted by Crippen LogP contribution is 2.32. The van der Waals surface area contributed by atoms with Crippen LogP contribution in [0.15, 0.2) is 30.5 Å². The summed E-state index contributed by atoms with van der Waals surface area (Å²) in [5, 5.41) is 2.97. The van der Waals surface area contributed by atoms with Gasteiger partial charge in [0.15, 0.2) is 0 Å². The molecule has 0 aliphatic carbocycles. The van der Waals surface area contributed by atoms with Gasteiger partial charge in [-0.25, -0.2) is 9.78 Å². The molecule has 6 heteroatoms. The van der Waals surface area contributed by atoms with Crippen molar-refractivity contribution in [1.82, 2.24) is 15.3 Å². The van der Waals surface area contributed by atoms with Crippen molar-refractivity contribution < 1.29 is 9.53 Å². The van der Waals surface area contributed by atoms with Crippen molar-refractivity contribution in [3.63, 3.8) is 0 Å². The van der Waals surface area contributed by atoms with Gasteiger partial charge in [0.1, 0.15) is 19.5 Å².